The molecule has 1 amide bonds. The Morgan fingerprint density at radius 2 is 1.85 bits per heavy atom. The SMILES string of the molecule is CCOC(=O)CCN(Cc1ccc2c(c1)OCO2)C(=O)c1ccccc1. The summed E-state index contributed by atoms with van der Waals surface area (Å²) in [4.78, 5) is 26.2. The number of ether oxygens (including phenoxy) is 3. The van der Waals surface area contributed by atoms with Crippen molar-refractivity contribution in [3.63, 3.8) is 0 Å². The van der Waals surface area contributed by atoms with Gasteiger partial charge in [0.2, 0.25) is 6.79 Å². The first-order chi connectivity index (χ1) is 12.7. The van der Waals surface area contributed by atoms with Crippen LogP contribution < -0.4 is 9.47 Å². The summed E-state index contributed by atoms with van der Waals surface area (Å²) in [6.07, 6.45) is 0.150. The Morgan fingerprint density at radius 1 is 1.08 bits per heavy atom. The highest BCUT2D eigenvalue weighted by atomic mass is 16.7. The molecule has 0 aromatic heterocycles. The van der Waals surface area contributed by atoms with Gasteiger partial charge in [-0.2, -0.15) is 0 Å². The van der Waals surface area contributed by atoms with Crippen LogP contribution in [0.15, 0.2) is 48.5 Å². The summed E-state index contributed by atoms with van der Waals surface area (Å²) in [7, 11) is 0. The fourth-order valence-electron chi connectivity index (χ4n) is 2.73. The molecule has 6 heteroatoms. The summed E-state index contributed by atoms with van der Waals surface area (Å²) >= 11 is 0. The lowest BCUT2D eigenvalue weighted by molar-refractivity contribution is -0.143. The minimum atomic E-state index is -0.316. The van der Waals surface area contributed by atoms with E-state index in [0.29, 0.717) is 30.2 Å². The van der Waals surface area contributed by atoms with Gasteiger partial charge in [-0.15, -0.1) is 0 Å². The number of carbonyl (C=O) groups excluding carboxylic acids is 2. The molecule has 26 heavy (non-hydrogen) atoms. The van der Waals surface area contributed by atoms with E-state index in [4.69, 9.17) is 14.2 Å². The standard InChI is InChI=1S/C20H21NO5/c1-2-24-19(22)10-11-21(20(23)16-6-4-3-5-7-16)13-15-8-9-17-18(12-15)26-14-25-17/h3-9,12H,2,10-11,13-14H2,1H3. The van der Waals surface area contributed by atoms with E-state index >= 15 is 0 Å². The van der Waals surface area contributed by atoms with Gasteiger partial charge in [0.25, 0.3) is 5.91 Å². The molecule has 0 bridgehead atoms. The topological polar surface area (TPSA) is 65.1 Å². The zero-order valence-electron chi connectivity index (χ0n) is 14.6. The summed E-state index contributed by atoms with van der Waals surface area (Å²) in [5, 5.41) is 0. The van der Waals surface area contributed by atoms with Crippen molar-refractivity contribution < 1.29 is 23.8 Å². The zero-order valence-corrected chi connectivity index (χ0v) is 14.6. The second-order valence-electron chi connectivity index (χ2n) is 5.84. The number of esters is 1. The van der Waals surface area contributed by atoms with Crippen LogP contribution in [-0.4, -0.2) is 36.7 Å². The summed E-state index contributed by atoms with van der Waals surface area (Å²) in [6.45, 7) is 2.93. The minimum Gasteiger partial charge on any atom is -0.466 e. The number of hydrogen-bond donors (Lipinski definition) is 0. The lowest BCUT2D eigenvalue weighted by atomic mass is 10.1. The summed E-state index contributed by atoms with van der Waals surface area (Å²) < 4.78 is 15.7. The predicted molar refractivity (Wildman–Crippen MR) is 95.0 cm³/mol. The van der Waals surface area contributed by atoms with Gasteiger partial charge in [-0.25, -0.2) is 0 Å². The van der Waals surface area contributed by atoms with Crippen LogP contribution in [0, 0.1) is 0 Å². The van der Waals surface area contributed by atoms with Crippen LogP contribution in [0.5, 0.6) is 11.5 Å². The molecule has 2 aromatic rings. The van der Waals surface area contributed by atoms with E-state index in [0.717, 1.165) is 5.56 Å². The van der Waals surface area contributed by atoms with E-state index in [1.165, 1.54) is 0 Å². The van der Waals surface area contributed by atoms with Gasteiger partial charge in [0, 0.05) is 18.7 Å². The fourth-order valence-corrected chi connectivity index (χ4v) is 2.73. The van der Waals surface area contributed by atoms with Crippen LogP contribution in [0.3, 0.4) is 0 Å². The lowest BCUT2D eigenvalue weighted by Gasteiger charge is -2.23. The van der Waals surface area contributed by atoms with E-state index < -0.39 is 0 Å². The quantitative estimate of drug-likeness (QED) is 0.715. The molecule has 0 radical (unpaired) electrons. The molecule has 6 nitrogen and oxygen atoms in total. The third kappa shape index (κ3) is 4.33. The van der Waals surface area contributed by atoms with Crippen molar-refractivity contribution in [3.8, 4) is 11.5 Å². The number of benzene rings is 2. The Morgan fingerprint density at radius 3 is 2.62 bits per heavy atom. The molecular weight excluding hydrogens is 334 g/mol. The molecular formula is C20H21NO5. The third-order valence-corrected chi connectivity index (χ3v) is 4.01. The van der Waals surface area contributed by atoms with E-state index in [2.05, 4.69) is 0 Å². The largest absolute Gasteiger partial charge is 0.466 e. The molecule has 0 fully saturated rings. The smallest absolute Gasteiger partial charge is 0.307 e. The zero-order chi connectivity index (χ0) is 18.4. The van der Waals surface area contributed by atoms with Crippen LogP contribution >= 0.6 is 0 Å². The van der Waals surface area contributed by atoms with Crippen LogP contribution in [0.1, 0.15) is 29.3 Å². The number of carbonyl (C=O) groups is 2. The number of amides is 1. The van der Waals surface area contributed by atoms with Gasteiger partial charge in [0.05, 0.1) is 13.0 Å². The van der Waals surface area contributed by atoms with Gasteiger partial charge >= 0.3 is 5.97 Å². The van der Waals surface area contributed by atoms with Crippen molar-refractivity contribution in [3.05, 3.63) is 59.7 Å². The predicted octanol–water partition coefficient (Wildman–Crippen LogP) is 3.01. The highest BCUT2D eigenvalue weighted by Gasteiger charge is 2.19. The molecule has 1 heterocycles. The van der Waals surface area contributed by atoms with Crippen molar-refractivity contribution in [1.29, 1.82) is 0 Å². The van der Waals surface area contributed by atoms with E-state index in [-0.39, 0.29) is 31.6 Å². The van der Waals surface area contributed by atoms with Gasteiger partial charge in [-0.1, -0.05) is 24.3 Å². The van der Waals surface area contributed by atoms with E-state index in [9.17, 15) is 9.59 Å². The van der Waals surface area contributed by atoms with Gasteiger partial charge in [-0.05, 0) is 36.8 Å². The fraction of sp³-hybridized carbons (Fsp3) is 0.300. The monoisotopic (exact) mass is 355 g/mol. The molecule has 0 aliphatic carbocycles. The number of nitrogens with zero attached hydrogens (tertiary/aromatic N) is 1. The minimum absolute atomic E-state index is 0.132. The molecule has 0 spiro atoms. The van der Waals surface area contributed by atoms with Crippen LogP contribution in [0.25, 0.3) is 0 Å². The van der Waals surface area contributed by atoms with Crippen molar-refractivity contribution in [1.82, 2.24) is 4.90 Å². The molecule has 2 aromatic carbocycles. The van der Waals surface area contributed by atoms with Crippen molar-refractivity contribution in [2.75, 3.05) is 19.9 Å². The maximum atomic E-state index is 12.9. The summed E-state index contributed by atoms with van der Waals surface area (Å²) in [5.74, 6) is 0.915. The molecule has 1 aliphatic heterocycles. The van der Waals surface area contributed by atoms with Gasteiger partial charge < -0.3 is 19.1 Å². The maximum absolute atomic E-state index is 12.9. The molecule has 3 rings (SSSR count). The molecule has 0 atom stereocenters. The van der Waals surface area contributed by atoms with E-state index in [1.807, 2.05) is 36.4 Å². The second-order valence-corrected chi connectivity index (χ2v) is 5.84. The second kappa shape index (κ2) is 8.38. The normalized spacial score (nSPS) is 11.9. The van der Waals surface area contributed by atoms with Crippen molar-refractivity contribution in [2.24, 2.45) is 0 Å². The van der Waals surface area contributed by atoms with E-state index in [1.54, 1.807) is 24.0 Å². The third-order valence-electron chi connectivity index (χ3n) is 4.01. The average molecular weight is 355 g/mol. The van der Waals surface area contributed by atoms with Gasteiger partial charge in [-0.3, -0.25) is 9.59 Å². The van der Waals surface area contributed by atoms with Gasteiger partial charge in [0.1, 0.15) is 0 Å². The Labute approximate surface area is 152 Å². The summed E-state index contributed by atoms with van der Waals surface area (Å²) in [5.41, 5.74) is 1.49. The highest BCUT2D eigenvalue weighted by Crippen LogP contribution is 2.32. The molecule has 0 saturated heterocycles. The molecule has 0 saturated carbocycles. The molecule has 0 N–H and O–H groups in total. The first-order valence-corrected chi connectivity index (χ1v) is 8.56. The lowest BCUT2D eigenvalue weighted by Crippen LogP contribution is -2.32. The molecule has 1 aliphatic rings. The number of fused-ring (bicyclic) bond motifs is 1. The maximum Gasteiger partial charge on any atom is 0.307 e. The molecule has 0 unspecified atom stereocenters. The van der Waals surface area contributed by atoms with Crippen LogP contribution in [-0.2, 0) is 16.1 Å². The van der Waals surface area contributed by atoms with Crippen molar-refractivity contribution in [2.45, 2.75) is 19.9 Å². The Bertz CT molecular complexity index is 775. The Kier molecular flexibility index (Phi) is 5.73. The number of hydrogen-bond acceptors (Lipinski definition) is 5. The summed E-state index contributed by atoms with van der Waals surface area (Å²) in [6, 6.07) is 14.6. The Hall–Kier alpha value is -3.02. The Balaban J connectivity index is 1.75. The van der Waals surface area contributed by atoms with Crippen LogP contribution in [0.2, 0.25) is 0 Å². The highest BCUT2D eigenvalue weighted by molar-refractivity contribution is 5.94. The van der Waals surface area contributed by atoms with Gasteiger partial charge in [0.15, 0.2) is 11.5 Å². The number of rotatable bonds is 7. The average Bonchev–Trinajstić information content (AvgIpc) is 3.13. The first kappa shape index (κ1) is 17.8. The van der Waals surface area contributed by atoms with Crippen LogP contribution in [0.4, 0.5) is 0 Å². The van der Waals surface area contributed by atoms with Crippen molar-refractivity contribution >= 4 is 11.9 Å². The molecule has 136 valence electrons. The first-order valence-electron chi connectivity index (χ1n) is 8.56.